The van der Waals surface area contributed by atoms with Crippen molar-refractivity contribution in [3.05, 3.63) is 29.3 Å². The lowest BCUT2D eigenvalue weighted by molar-refractivity contribution is -0.0895. The molecular formula is C11H11NO2S. The number of ether oxygens (including phenoxy) is 2. The Morgan fingerprint density at radius 1 is 1.33 bits per heavy atom. The van der Waals surface area contributed by atoms with Gasteiger partial charge >= 0.3 is 0 Å². The van der Waals surface area contributed by atoms with E-state index in [1.165, 1.54) is 10.3 Å². The largest absolute Gasteiger partial charge is 0.376 e. The van der Waals surface area contributed by atoms with Crippen molar-refractivity contribution in [3.8, 4) is 0 Å². The lowest BCUT2D eigenvalue weighted by Gasteiger charge is -2.23. The molecule has 15 heavy (non-hydrogen) atoms. The van der Waals surface area contributed by atoms with Gasteiger partial charge in [0.25, 0.3) is 0 Å². The highest BCUT2D eigenvalue weighted by Gasteiger charge is 2.19. The molecule has 0 saturated carbocycles. The fraction of sp³-hybridized carbons (Fsp3) is 0.364. The molecule has 2 heterocycles. The Hall–Kier alpha value is -0.970. The van der Waals surface area contributed by atoms with Crippen LogP contribution in [0.2, 0.25) is 0 Å². The van der Waals surface area contributed by atoms with Crippen molar-refractivity contribution in [2.45, 2.75) is 6.10 Å². The van der Waals surface area contributed by atoms with E-state index in [1.54, 1.807) is 11.3 Å². The van der Waals surface area contributed by atoms with Gasteiger partial charge in [-0.25, -0.2) is 4.98 Å². The van der Waals surface area contributed by atoms with Gasteiger partial charge in [-0.05, 0) is 6.07 Å². The van der Waals surface area contributed by atoms with Gasteiger partial charge in [-0.2, -0.15) is 0 Å². The van der Waals surface area contributed by atoms with Crippen LogP contribution in [0.5, 0.6) is 0 Å². The summed E-state index contributed by atoms with van der Waals surface area (Å²) in [6.07, 6.45) is 0.0721. The van der Waals surface area contributed by atoms with E-state index < -0.39 is 0 Å². The van der Waals surface area contributed by atoms with Gasteiger partial charge in [0.2, 0.25) is 0 Å². The normalized spacial score (nSPS) is 22.0. The summed E-state index contributed by atoms with van der Waals surface area (Å²) in [5, 5.41) is 0. The first-order valence-electron chi connectivity index (χ1n) is 4.96. The molecule has 3 nitrogen and oxygen atoms in total. The minimum Gasteiger partial charge on any atom is -0.376 e. The molecule has 78 valence electrons. The van der Waals surface area contributed by atoms with Gasteiger partial charge in [-0.3, -0.25) is 0 Å². The van der Waals surface area contributed by atoms with Crippen LogP contribution >= 0.6 is 11.3 Å². The van der Waals surface area contributed by atoms with Gasteiger partial charge in [-0.1, -0.05) is 12.1 Å². The van der Waals surface area contributed by atoms with Gasteiger partial charge in [0, 0.05) is 5.56 Å². The van der Waals surface area contributed by atoms with Crippen LogP contribution in [0.25, 0.3) is 10.2 Å². The van der Waals surface area contributed by atoms with E-state index in [0.29, 0.717) is 19.8 Å². The molecule has 0 spiro atoms. The molecule has 0 N–H and O–H groups in total. The van der Waals surface area contributed by atoms with Crippen LogP contribution in [0.1, 0.15) is 11.7 Å². The maximum absolute atomic E-state index is 5.70. The van der Waals surface area contributed by atoms with Gasteiger partial charge in [0.1, 0.15) is 6.10 Å². The van der Waals surface area contributed by atoms with Crippen LogP contribution in [-0.4, -0.2) is 24.8 Å². The van der Waals surface area contributed by atoms with Crippen LogP contribution < -0.4 is 0 Å². The molecule has 0 bridgehead atoms. The number of rotatable bonds is 1. The van der Waals surface area contributed by atoms with E-state index in [4.69, 9.17) is 9.47 Å². The SMILES string of the molecule is c1cc(C2COCCO2)c2scnc2c1. The zero-order valence-electron chi connectivity index (χ0n) is 8.18. The van der Waals surface area contributed by atoms with Gasteiger partial charge in [-0.15, -0.1) is 11.3 Å². The third kappa shape index (κ3) is 1.65. The standard InChI is InChI=1S/C11H11NO2S/c1-2-8(10-6-13-4-5-14-10)11-9(3-1)12-7-15-11/h1-3,7,10H,4-6H2. The Labute approximate surface area is 91.7 Å². The van der Waals surface area contributed by atoms with E-state index in [2.05, 4.69) is 11.1 Å². The third-order valence-corrected chi connectivity index (χ3v) is 3.44. The van der Waals surface area contributed by atoms with E-state index in [1.807, 2.05) is 17.6 Å². The quantitative estimate of drug-likeness (QED) is 0.741. The first-order valence-corrected chi connectivity index (χ1v) is 5.84. The van der Waals surface area contributed by atoms with Gasteiger partial charge < -0.3 is 9.47 Å². The van der Waals surface area contributed by atoms with Crippen molar-refractivity contribution in [3.63, 3.8) is 0 Å². The summed E-state index contributed by atoms with van der Waals surface area (Å²) < 4.78 is 12.3. The number of hydrogen-bond acceptors (Lipinski definition) is 4. The van der Waals surface area contributed by atoms with Gasteiger partial charge in [0.05, 0.1) is 35.5 Å². The Kier molecular flexibility index (Phi) is 2.40. The maximum Gasteiger partial charge on any atom is 0.107 e. The van der Waals surface area contributed by atoms with E-state index in [-0.39, 0.29) is 6.10 Å². The molecule has 4 heteroatoms. The van der Waals surface area contributed by atoms with Crippen LogP contribution in [-0.2, 0) is 9.47 Å². The molecule has 2 aromatic rings. The fourth-order valence-electron chi connectivity index (χ4n) is 1.83. The molecule has 1 atom stereocenters. The Morgan fingerprint density at radius 2 is 2.33 bits per heavy atom. The van der Waals surface area contributed by atoms with E-state index >= 15 is 0 Å². The minimum atomic E-state index is 0.0721. The highest BCUT2D eigenvalue weighted by atomic mass is 32.1. The zero-order valence-corrected chi connectivity index (χ0v) is 9.00. The van der Waals surface area contributed by atoms with Crippen molar-refractivity contribution in [2.24, 2.45) is 0 Å². The van der Waals surface area contributed by atoms with Crippen molar-refractivity contribution < 1.29 is 9.47 Å². The monoisotopic (exact) mass is 221 g/mol. The first kappa shape index (κ1) is 9.27. The van der Waals surface area contributed by atoms with E-state index in [0.717, 1.165) is 5.52 Å². The Morgan fingerprint density at radius 3 is 3.20 bits per heavy atom. The van der Waals surface area contributed by atoms with Crippen molar-refractivity contribution in [2.75, 3.05) is 19.8 Å². The maximum atomic E-state index is 5.70. The first-order chi connectivity index (χ1) is 7.45. The summed E-state index contributed by atoms with van der Waals surface area (Å²) in [5.74, 6) is 0. The summed E-state index contributed by atoms with van der Waals surface area (Å²) in [4.78, 5) is 4.30. The summed E-state index contributed by atoms with van der Waals surface area (Å²) >= 11 is 1.66. The molecule has 1 aromatic carbocycles. The molecular weight excluding hydrogens is 210 g/mol. The lowest BCUT2D eigenvalue weighted by atomic mass is 10.1. The number of nitrogens with zero attached hydrogens (tertiary/aromatic N) is 1. The third-order valence-electron chi connectivity index (χ3n) is 2.55. The summed E-state index contributed by atoms with van der Waals surface area (Å²) in [6, 6.07) is 6.15. The molecule has 1 fully saturated rings. The molecule has 1 aliphatic heterocycles. The van der Waals surface area contributed by atoms with E-state index in [9.17, 15) is 0 Å². The summed E-state index contributed by atoms with van der Waals surface area (Å²) in [7, 11) is 0. The molecule has 0 aliphatic carbocycles. The number of fused-ring (bicyclic) bond motifs is 1. The van der Waals surface area contributed by atoms with Crippen molar-refractivity contribution in [1.29, 1.82) is 0 Å². The number of benzene rings is 1. The predicted molar refractivity (Wildman–Crippen MR) is 59.1 cm³/mol. The molecule has 3 rings (SSSR count). The topological polar surface area (TPSA) is 31.4 Å². The zero-order chi connectivity index (χ0) is 10.1. The molecule has 1 unspecified atom stereocenters. The van der Waals surface area contributed by atoms with Crippen molar-refractivity contribution in [1.82, 2.24) is 4.98 Å². The average Bonchev–Trinajstić information content (AvgIpc) is 2.78. The second-order valence-electron chi connectivity index (χ2n) is 3.48. The minimum absolute atomic E-state index is 0.0721. The van der Waals surface area contributed by atoms with Crippen LogP contribution in [0.3, 0.4) is 0 Å². The fourth-order valence-corrected chi connectivity index (χ4v) is 2.68. The smallest absolute Gasteiger partial charge is 0.107 e. The average molecular weight is 221 g/mol. The molecule has 1 aromatic heterocycles. The van der Waals surface area contributed by atoms with Crippen LogP contribution in [0.15, 0.2) is 23.7 Å². The molecule has 0 amide bonds. The number of aromatic nitrogens is 1. The molecule has 0 radical (unpaired) electrons. The van der Waals surface area contributed by atoms with Crippen LogP contribution in [0.4, 0.5) is 0 Å². The number of thiazole rings is 1. The molecule has 1 saturated heterocycles. The molecule has 1 aliphatic rings. The second-order valence-corrected chi connectivity index (χ2v) is 4.34. The highest BCUT2D eigenvalue weighted by molar-refractivity contribution is 7.16. The Balaban J connectivity index is 2.05. The van der Waals surface area contributed by atoms with Crippen LogP contribution in [0, 0.1) is 0 Å². The Bertz CT molecular complexity index is 462. The highest BCUT2D eigenvalue weighted by Crippen LogP contribution is 2.30. The van der Waals surface area contributed by atoms with Gasteiger partial charge in [0.15, 0.2) is 0 Å². The summed E-state index contributed by atoms with van der Waals surface area (Å²) in [6.45, 7) is 2.03. The number of hydrogen-bond donors (Lipinski definition) is 0. The predicted octanol–water partition coefficient (Wildman–Crippen LogP) is 2.38. The summed E-state index contributed by atoms with van der Waals surface area (Å²) in [5.41, 5.74) is 4.12. The van der Waals surface area contributed by atoms with Crippen molar-refractivity contribution >= 4 is 21.6 Å². The second kappa shape index (κ2) is 3.89. The lowest BCUT2D eigenvalue weighted by Crippen LogP contribution is -2.21.